The first-order valence-corrected chi connectivity index (χ1v) is 7.47. The molecule has 110 valence electrons. The van der Waals surface area contributed by atoms with Crippen LogP contribution in [0.15, 0.2) is 60.7 Å². The highest BCUT2D eigenvalue weighted by Crippen LogP contribution is 2.31. The van der Waals surface area contributed by atoms with Gasteiger partial charge in [-0.1, -0.05) is 67.6 Å². The smallest absolute Gasteiger partial charge is 0.221 e. The van der Waals surface area contributed by atoms with Crippen molar-refractivity contribution in [1.29, 1.82) is 0 Å². The molecule has 21 heavy (non-hydrogen) atoms. The van der Waals surface area contributed by atoms with Crippen molar-refractivity contribution in [2.75, 3.05) is 6.54 Å². The Morgan fingerprint density at radius 2 is 1.43 bits per heavy atom. The summed E-state index contributed by atoms with van der Waals surface area (Å²) in [7, 11) is 0. The number of hydrogen-bond donors (Lipinski definition) is 1. The molecule has 3 nitrogen and oxygen atoms in total. The summed E-state index contributed by atoms with van der Waals surface area (Å²) in [5.74, 6) is 0.150. The van der Waals surface area contributed by atoms with E-state index < -0.39 is 6.29 Å². The molecule has 3 heteroatoms. The minimum Gasteiger partial charge on any atom is -0.363 e. The molecular formula is C18H22NO2+. The maximum absolute atomic E-state index is 10.1. The predicted octanol–water partition coefficient (Wildman–Crippen LogP) is 3.10. The minimum absolute atomic E-state index is 0.150. The second kappa shape index (κ2) is 5.98. The first-order valence-electron chi connectivity index (χ1n) is 7.47. The molecule has 1 heterocycles. The van der Waals surface area contributed by atoms with Crippen LogP contribution in [0.2, 0.25) is 0 Å². The molecule has 0 aliphatic carbocycles. The molecule has 3 rings (SSSR count). The summed E-state index contributed by atoms with van der Waals surface area (Å²) in [5, 5.41) is 10.1. The number of nitrogens with zero attached hydrogens (tertiary/aromatic N) is 1. The molecule has 1 N–H and O–H groups in total. The third-order valence-corrected chi connectivity index (χ3v) is 4.07. The summed E-state index contributed by atoms with van der Waals surface area (Å²) < 4.78 is 0.455. The Kier molecular flexibility index (Phi) is 4.06. The van der Waals surface area contributed by atoms with Crippen LogP contribution in [0, 0.1) is 5.92 Å². The summed E-state index contributed by atoms with van der Waals surface area (Å²) in [6.07, 6.45) is -0.683. The van der Waals surface area contributed by atoms with Crippen molar-refractivity contribution >= 4 is 0 Å². The maximum atomic E-state index is 10.1. The molecule has 0 unspecified atom stereocenters. The molecular weight excluding hydrogens is 262 g/mol. The van der Waals surface area contributed by atoms with Gasteiger partial charge in [0.25, 0.3) is 0 Å². The van der Waals surface area contributed by atoms with Crippen molar-refractivity contribution in [1.82, 2.24) is 0 Å². The molecule has 2 atom stereocenters. The highest BCUT2D eigenvalue weighted by molar-refractivity contribution is 5.15. The number of aliphatic hydroxyl groups excluding tert-OH is 1. The van der Waals surface area contributed by atoms with Crippen LogP contribution in [-0.2, 0) is 17.9 Å². The molecule has 1 aliphatic rings. The van der Waals surface area contributed by atoms with Crippen molar-refractivity contribution in [3.05, 3.63) is 71.8 Å². The maximum Gasteiger partial charge on any atom is 0.221 e. The molecule has 0 amide bonds. The summed E-state index contributed by atoms with van der Waals surface area (Å²) >= 11 is 0. The van der Waals surface area contributed by atoms with Gasteiger partial charge < -0.3 is 5.11 Å². The van der Waals surface area contributed by atoms with Crippen molar-refractivity contribution in [2.24, 2.45) is 5.92 Å². The van der Waals surface area contributed by atoms with Crippen LogP contribution in [0.4, 0.5) is 0 Å². The average molecular weight is 284 g/mol. The monoisotopic (exact) mass is 284 g/mol. The largest absolute Gasteiger partial charge is 0.363 e. The fourth-order valence-electron chi connectivity index (χ4n) is 3.08. The predicted molar refractivity (Wildman–Crippen MR) is 81.7 cm³/mol. The van der Waals surface area contributed by atoms with Gasteiger partial charge in [-0.25, -0.2) is 0 Å². The normalized spacial score (nSPS) is 24.1. The molecule has 1 fully saturated rings. The lowest BCUT2D eigenvalue weighted by Gasteiger charge is -2.31. The highest BCUT2D eigenvalue weighted by atomic mass is 16.8. The second-order valence-corrected chi connectivity index (χ2v) is 6.00. The van der Waals surface area contributed by atoms with E-state index in [4.69, 9.17) is 4.84 Å². The van der Waals surface area contributed by atoms with Gasteiger partial charge in [-0.15, -0.1) is 0 Å². The van der Waals surface area contributed by atoms with Crippen LogP contribution in [0.3, 0.4) is 0 Å². The van der Waals surface area contributed by atoms with Crippen molar-refractivity contribution in [3.8, 4) is 0 Å². The summed E-state index contributed by atoms with van der Waals surface area (Å²) in [6.45, 7) is 4.42. The van der Waals surface area contributed by atoms with Crippen LogP contribution in [0.1, 0.15) is 18.1 Å². The molecule has 1 saturated heterocycles. The SMILES string of the molecule is C[C@@H]1C[N+](Cc2ccccc2)(Cc2ccccc2)O[C@H]1O. The van der Waals surface area contributed by atoms with Gasteiger partial charge in [-0.3, -0.25) is 0 Å². The first-order chi connectivity index (χ1) is 10.2. The molecule has 2 aromatic carbocycles. The fourth-order valence-corrected chi connectivity index (χ4v) is 3.08. The zero-order chi connectivity index (χ0) is 14.7. The van der Waals surface area contributed by atoms with Crippen LogP contribution in [0.25, 0.3) is 0 Å². The average Bonchev–Trinajstić information content (AvgIpc) is 2.75. The summed E-state index contributed by atoms with van der Waals surface area (Å²) in [6, 6.07) is 20.7. The van der Waals surface area contributed by atoms with Crippen molar-refractivity contribution in [3.63, 3.8) is 0 Å². The Bertz CT molecular complexity index is 517. The lowest BCUT2D eigenvalue weighted by Crippen LogP contribution is -2.43. The third-order valence-electron chi connectivity index (χ3n) is 4.07. The lowest BCUT2D eigenvalue weighted by molar-refractivity contribution is -1.12. The van der Waals surface area contributed by atoms with Gasteiger partial charge in [-0.2, -0.15) is 9.48 Å². The van der Waals surface area contributed by atoms with E-state index in [1.807, 2.05) is 43.3 Å². The van der Waals surface area contributed by atoms with E-state index in [1.165, 1.54) is 11.1 Å². The minimum atomic E-state index is -0.683. The Balaban J connectivity index is 1.85. The van der Waals surface area contributed by atoms with Gasteiger partial charge in [-0.05, 0) is 0 Å². The van der Waals surface area contributed by atoms with Crippen molar-refractivity contribution in [2.45, 2.75) is 26.3 Å². The molecule has 0 aromatic heterocycles. The van der Waals surface area contributed by atoms with Gasteiger partial charge in [0.1, 0.15) is 19.6 Å². The topological polar surface area (TPSA) is 29.5 Å². The number of aliphatic hydroxyl groups is 1. The van der Waals surface area contributed by atoms with E-state index in [-0.39, 0.29) is 5.92 Å². The van der Waals surface area contributed by atoms with E-state index in [0.717, 1.165) is 19.6 Å². The third kappa shape index (κ3) is 3.32. The lowest BCUT2D eigenvalue weighted by atomic mass is 10.1. The number of quaternary nitrogens is 1. The Morgan fingerprint density at radius 3 is 1.81 bits per heavy atom. The first kappa shape index (κ1) is 14.3. The zero-order valence-electron chi connectivity index (χ0n) is 12.4. The van der Waals surface area contributed by atoms with E-state index >= 15 is 0 Å². The Hall–Kier alpha value is -1.68. The molecule has 1 aliphatic heterocycles. The van der Waals surface area contributed by atoms with Crippen LogP contribution >= 0.6 is 0 Å². The van der Waals surface area contributed by atoms with Gasteiger partial charge in [0.2, 0.25) is 6.29 Å². The fraction of sp³-hybridized carbons (Fsp3) is 0.333. The second-order valence-electron chi connectivity index (χ2n) is 6.00. The number of hydrogen-bond acceptors (Lipinski definition) is 2. The molecule has 2 aromatic rings. The quantitative estimate of drug-likeness (QED) is 0.874. The number of rotatable bonds is 4. The van der Waals surface area contributed by atoms with E-state index in [9.17, 15) is 5.11 Å². The standard InChI is InChI=1S/C18H22NO2/c1-15-12-19(21-18(15)20,13-16-8-4-2-5-9-16)14-17-10-6-3-7-11-17/h2-11,15,18,20H,12-14H2,1H3/q+1/t15-,18-/m1/s1. The van der Waals surface area contributed by atoms with Gasteiger partial charge in [0.05, 0.1) is 5.92 Å². The van der Waals surface area contributed by atoms with Crippen LogP contribution in [0.5, 0.6) is 0 Å². The number of benzene rings is 2. The molecule has 0 spiro atoms. The molecule has 0 radical (unpaired) electrons. The van der Waals surface area contributed by atoms with Gasteiger partial charge in [0.15, 0.2) is 0 Å². The van der Waals surface area contributed by atoms with E-state index in [2.05, 4.69) is 24.3 Å². The molecule has 0 bridgehead atoms. The Morgan fingerprint density at radius 1 is 0.952 bits per heavy atom. The molecule has 0 saturated carbocycles. The van der Waals surface area contributed by atoms with Crippen molar-refractivity contribution < 1.29 is 14.6 Å². The number of hydroxylamine groups is 3. The van der Waals surface area contributed by atoms with E-state index in [0.29, 0.717) is 4.65 Å². The van der Waals surface area contributed by atoms with E-state index in [1.54, 1.807) is 0 Å². The van der Waals surface area contributed by atoms with Crippen LogP contribution in [-0.4, -0.2) is 22.6 Å². The van der Waals surface area contributed by atoms with Gasteiger partial charge in [0, 0.05) is 11.1 Å². The summed E-state index contributed by atoms with van der Waals surface area (Å²) in [4.78, 5) is 5.96. The van der Waals surface area contributed by atoms with Gasteiger partial charge >= 0.3 is 0 Å². The van der Waals surface area contributed by atoms with Crippen LogP contribution < -0.4 is 0 Å². The summed E-state index contributed by atoms with van der Waals surface area (Å²) in [5.41, 5.74) is 2.46. The highest BCUT2D eigenvalue weighted by Gasteiger charge is 2.45. The Labute approximate surface area is 126 Å². The zero-order valence-corrected chi connectivity index (χ0v) is 12.4.